The van der Waals surface area contributed by atoms with Crippen LogP contribution in [-0.4, -0.2) is 31.1 Å². The minimum Gasteiger partial charge on any atom is -0.496 e. The molecule has 0 unspecified atom stereocenters. The third-order valence-electron chi connectivity index (χ3n) is 3.32. The van der Waals surface area contributed by atoms with Crippen molar-refractivity contribution in [3.63, 3.8) is 0 Å². The highest BCUT2D eigenvalue weighted by Gasteiger charge is 2.20. The second-order valence-corrected chi connectivity index (χ2v) is 6.39. The van der Waals surface area contributed by atoms with Crippen molar-refractivity contribution in [2.45, 2.75) is 6.54 Å². The number of nitrogens with one attached hydrogen (secondary N) is 1. The highest BCUT2D eigenvalue weighted by molar-refractivity contribution is 6.52. The highest BCUT2D eigenvalue weighted by Crippen LogP contribution is 2.36. The van der Waals surface area contributed by atoms with Crippen LogP contribution >= 0.6 is 46.4 Å². The Bertz CT molecular complexity index is 874. The van der Waals surface area contributed by atoms with E-state index >= 15 is 0 Å². The molecule has 0 aliphatic heterocycles. The van der Waals surface area contributed by atoms with Crippen LogP contribution in [0.1, 0.15) is 26.4 Å². The van der Waals surface area contributed by atoms with Crippen molar-refractivity contribution in [2.75, 3.05) is 14.2 Å². The molecule has 2 aromatic rings. The Morgan fingerprint density at radius 2 is 1.77 bits per heavy atom. The predicted molar refractivity (Wildman–Crippen MR) is 99.8 cm³/mol. The molecule has 1 N–H and O–H groups in total. The standard InChI is InChI=1S/C16H12Cl4N2O4/c1-25-9-4-3-7(5-8(9)16(24)26-2)6-21-15(23)13-11(18)10(17)12(19)14(20)22-13/h3-5H,6H2,1-2H3,(H,21,23). The summed E-state index contributed by atoms with van der Waals surface area (Å²) < 4.78 is 9.82. The number of rotatable bonds is 5. The van der Waals surface area contributed by atoms with Crippen LogP contribution < -0.4 is 10.1 Å². The van der Waals surface area contributed by atoms with Gasteiger partial charge in [-0.3, -0.25) is 4.79 Å². The molecule has 138 valence electrons. The van der Waals surface area contributed by atoms with Gasteiger partial charge in [-0.25, -0.2) is 9.78 Å². The van der Waals surface area contributed by atoms with E-state index in [0.717, 1.165) is 0 Å². The van der Waals surface area contributed by atoms with Gasteiger partial charge >= 0.3 is 5.97 Å². The van der Waals surface area contributed by atoms with Gasteiger partial charge in [0, 0.05) is 6.54 Å². The Labute approximate surface area is 169 Å². The number of amides is 1. The van der Waals surface area contributed by atoms with Crippen LogP contribution in [0.2, 0.25) is 20.2 Å². The zero-order valence-electron chi connectivity index (χ0n) is 13.5. The number of benzene rings is 1. The highest BCUT2D eigenvalue weighted by atomic mass is 35.5. The fraction of sp³-hybridized carbons (Fsp3) is 0.188. The van der Waals surface area contributed by atoms with Crippen molar-refractivity contribution in [2.24, 2.45) is 0 Å². The Morgan fingerprint density at radius 1 is 1.08 bits per heavy atom. The number of carbonyl (C=O) groups excluding carboxylic acids is 2. The fourth-order valence-corrected chi connectivity index (χ4v) is 2.85. The molecule has 0 atom stereocenters. The van der Waals surface area contributed by atoms with E-state index in [1.165, 1.54) is 14.2 Å². The van der Waals surface area contributed by atoms with E-state index in [0.29, 0.717) is 11.3 Å². The first-order chi connectivity index (χ1) is 12.3. The Balaban J connectivity index is 2.22. The molecule has 1 aromatic carbocycles. The van der Waals surface area contributed by atoms with Crippen LogP contribution in [0.15, 0.2) is 18.2 Å². The van der Waals surface area contributed by atoms with Crippen molar-refractivity contribution in [1.82, 2.24) is 10.3 Å². The minimum atomic E-state index is -0.606. The number of pyridine rings is 1. The summed E-state index contributed by atoms with van der Waals surface area (Å²) in [6, 6.07) is 4.82. The number of nitrogens with zero attached hydrogens (tertiary/aromatic N) is 1. The van der Waals surface area contributed by atoms with Crippen LogP contribution in [0.3, 0.4) is 0 Å². The number of ether oxygens (including phenoxy) is 2. The first kappa shape index (κ1) is 20.6. The molecule has 2 rings (SSSR count). The van der Waals surface area contributed by atoms with Crippen LogP contribution in [0, 0.1) is 0 Å². The largest absolute Gasteiger partial charge is 0.496 e. The van der Waals surface area contributed by atoms with Crippen LogP contribution in [0.5, 0.6) is 5.75 Å². The van der Waals surface area contributed by atoms with Gasteiger partial charge in [0.25, 0.3) is 5.91 Å². The van der Waals surface area contributed by atoms with Gasteiger partial charge in [-0.15, -0.1) is 0 Å². The molecule has 1 heterocycles. The molecule has 0 saturated heterocycles. The molecule has 6 nitrogen and oxygen atoms in total. The lowest BCUT2D eigenvalue weighted by molar-refractivity contribution is 0.0597. The molecule has 0 fully saturated rings. The summed E-state index contributed by atoms with van der Waals surface area (Å²) in [5.74, 6) is -0.810. The molecule has 26 heavy (non-hydrogen) atoms. The molecule has 0 saturated carbocycles. The lowest BCUT2D eigenvalue weighted by Gasteiger charge is -2.11. The number of aromatic nitrogens is 1. The summed E-state index contributed by atoms with van der Waals surface area (Å²) in [5, 5.41) is 2.28. The van der Waals surface area contributed by atoms with Crippen molar-refractivity contribution < 1.29 is 19.1 Å². The monoisotopic (exact) mass is 436 g/mol. The fourth-order valence-electron chi connectivity index (χ4n) is 2.04. The van der Waals surface area contributed by atoms with Gasteiger partial charge in [-0.2, -0.15) is 0 Å². The zero-order valence-corrected chi connectivity index (χ0v) is 16.6. The summed E-state index contributed by atoms with van der Waals surface area (Å²) >= 11 is 23.6. The Kier molecular flexibility index (Phi) is 6.94. The summed E-state index contributed by atoms with van der Waals surface area (Å²) in [4.78, 5) is 28.0. The molecule has 0 radical (unpaired) electrons. The van der Waals surface area contributed by atoms with E-state index in [1.807, 2.05) is 0 Å². The number of hydrogen-bond donors (Lipinski definition) is 1. The topological polar surface area (TPSA) is 77.5 Å². The summed E-state index contributed by atoms with van der Waals surface area (Å²) in [7, 11) is 2.70. The van der Waals surface area contributed by atoms with E-state index < -0.39 is 11.9 Å². The predicted octanol–water partition coefficient (Wildman–Crippen LogP) is 4.42. The van der Waals surface area contributed by atoms with Gasteiger partial charge in [0.2, 0.25) is 0 Å². The van der Waals surface area contributed by atoms with Gasteiger partial charge in [0.05, 0.1) is 29.3 Å². The zero-order chi connectivity index (χ0) is 19.4. The maximum Gasteiger partial charge on any atom is 0.341 e. The number of hydrogen-bond acceptors (Lipinski definition) is 5. The maximum absolute atomic E-state index is 12.3. The molecule has 0 aliphatic rings. The molecular formula is C16H12Cl4N2O4. The van der Waals surface area contributed by atoms with Gasteiger partial charge in [0.1, 0.15) is 22.2 Å². The molecule has 0 aliphatic carbocycles. The molecule has 0 spiro atoms. The van der Waals surface area contributed by atoms with Gasteiger partial charge in [-0.1, -0.05) is 52.5 Å². The molecular weight excluding hydrogens is 426 g/mol. The van der Waals surface area contributed by atoms with E-state index in [4.69, 9.17) is 55.9 Å². The molecule has 0 bridgehead atoms. The quantitative estimate of drug-likeness (QED) is 0.553. The molecule has 1 amide bonds. The average molecular weight is 438 g/mol. The van der Waals surface area contributed by atoms with Gasteiger partial charge < -0.3 is 14.8 Å². The summed E-state index contributed by atoms with van der Waals surface area (Å²) in [6.45, 7) is 0.0860. The van der Waals surface area contributed by atoms with Crippen LogP contribution in [0.25, 0.3) is 0 Å². The average Bonchev–Trinajstić information content (AvgIpc) is 2.66. The first-order valence-electron chi connectivity index (χ1n) is 7.03. The number of carbonyl (C=O) groups is 2. The van der Waals surface area contributed by atoms with Crippen LogP contribution in [0.4, 0.5) is 0 Å². The lowest BCUT2D eigenvalue weighted by atomic mass is 10.1. The van der Waals surface area contributed by atoms with E-state index in [1.54, 1.807) is 18.2 Å². The summed E-state index contributed by atoms with van der Waals surface area (Å²) in [6.07, 6.45) is 0. The van der Waals surface area contributed by atoms with Crippen molar-refractivity contribution in [3.05, 3.63) is 55.2 Å². The lowest BCUT2D eigenvalue weighted by Crippen LogP contribution is -2.24. The second kappa shape index (κ2) is 8.77. The van der Waals surface area contributed by atoms with E-state index in [-0.39, 0.29) is 38.0 Å². The van der Waals surface area contributed by atoms with E-state index in [9.17, 15) is 9.59 Å². The Morgan fingerprint density at radius 3 is 2.38 bits per heavy atom. The molecule has 10 heteroatoms. The van der Waals surface area contributed by atoms with Gasteiger partial charge in [-0.05, 0) is 17.7 Å². The third kappa shape index (κ3) is 4.32. The minimum absolute atomic E-state index is 0.0345. The Hall–Kier alpha value is -1.73. The van der Waals surface area contributed by atoms with Crippen LogP contribution in [-0.2, 0) is 11.3 Å². The normalized spacial score (nSPS) is 10.4. The SMILES string of the molecule is COC(=O)c1cc(CNC(=O)c2nc(Cl)c(Cl)c(Cl)c2Cl)ccc1OC. The second-order valence-electron chi connectivity index (χ2n) is 4.90. The van der Waals surface area contributed by atoms with Crippen molar-refractivity contribution >= 4 is 58.3 Å². The molecule has 1 aromatic heterocycles. The van der Waals surface area contributed by atoms with E-state index in [2.05, 4.69) is 10.3 Å². The number of esters is 1. The smallest absolute Gasteiger partial charge is 0.341 e. The number of methoxy groups -OCH3 is 2. The number of halogens is 4. The van der Waals surface area contributed by atoms with Crippen molar-refractivity contribution in [3.8, 4) is 5.75 Å². The maximum atomic E-state index is 12.3. The first-order valence-corrected chi connectivity index (χ1v) is 8.54. The van der Waals surface area contributed by atoms with Gasteiger partial charge in [0.15, 0.2) is 0 Å². The van der Waals surface area contributed by atoms with Crippen molar-refractivity contribution in [1.29, 1.82) is 0 Å². The third-order valence-corrected chi connectivity index (χ3v) is 5.00. The summed E-state index contributed by atoms with van der Waals surface area (Å²) in [5.41, 5.74) is 0.699.